The van der Waals surface area contributed by atoms with Gasteiger partial charge in [-0.25, -0.2) is 9.59 Å². The van der Waals surface area contributed by atoms with Crippen molar-refractivity contribution in [2.75, 3.05) is 19.8 Å². The number of alkyl carbamates (subject to hydrolysis) is 1. The first-order valence-electron chi connectivity index (χ1n) is 8.58. The number of piperidine rings is 1. The van der Waals surface area contributed by atoms with Crippen LogP contribution < -0.4 is 5.32 Å². The number of carbonyl (C=O) groups excluding carboxylic acids is 2. The van der Waals surface area contributed by atoms with E-state index in [4.69, 9.17) is 9.47 Å². The van der Waals surface area contributed by atoms with E-state index < -0.39 is 23.8 Å². The number of likely N-dealkylation sites (tertiary alicyclic amines) is 1. The molecule has 0 aromatic rings. The fourth-order valence-electron chi connectivity index (χ4n) is 4.04. The molecule has 134 valence electrons. The molecule has 0 aromatic carbocycles. The molecule has 24 heavy (non-hydrogen) atoms. The van der Waals surface area contributed by atoms with Gasteiger partial charge in [0.15, 0.2) is 0 Å². The minimum absolute atomic E-state index is 0.0205. The standard InChI is InChI=1S/C16H24N2O6/c19-11-2-4-12(5-3-11)24-10-13-16(7-9-23-14(20)17-16)6-1-8-18(13)15(21)22/h12-13H,1-10H2,(H,17,20)(H,21,22). The van der Waals surface area contributed by atoms with E-state index in [0.717, 1.165) is 0 Å². The zero-order valence-electron chi connectivity index (χ0n) is 13.7. The molecular formula is C16H24N2O6. The summed E-state index contributed by atoms with van der Waals surface area (Å²) in [6.07, 6.45) is 2.87. The van der Waals surface area contributed by atoms with E-state index in [0.29, 0.717) is 51.5 Å². The smallest absolute Gasteiger partial charge is 0.407 e. The van der Waals surface area contributed by atoms with Crippen molar-refractivity contribution >= 4 is 18.0 Å². The highest BCUT2D eigenvalue weighted by atomic mass is 16.6. The molecule has 2 N–H and O–H groups in total. The molecule has 2 unspecified atom stereocenters. The average molecular weight is 340 g/mol. The lowest BCUT2D eigenvalue weighted by atomic mass is 9.78. The van der Waals surface area contributed by atoms with Crippen molar-refractivity contribution in [2.45, 2.75) is 62.6 Å². The van der Waals surface area contributed by atoms with E-state index in [1.807, 2.05) is 0 Å². The fourth-order valence-corrected chi connectivity index (χ4v) is 4.04. The van der Waals surface area contributed by atoms with Crippen molar-refractivity contribution in [1.29, 1.82) is 0 Å². The Morgan fingerprint density at radius 3 is 2.75 bits per heavy atom. The van der Waals surface area contributed by atoms with Gasteiger partial charge >= 0.3 is 12.2 Å². The normalized spacial score (nSPS) is 31.7. The molecular weight excluding hydrogens is 316 g/mol. The second-order valence-electron chi connectivity index (χ2n) is 6.83. The van der Waals surface area contributed by atoms with Gasteiger partial charge in [0.05, 0.1) is 30.9 Å². The zero-order chi connectivity index (χ0) is 17.2. The Labute approximate surface area is 140 Å². The van der Waals surface area contributed by atoms with Gasteiger partial charge in [0.25, 0.3) is 0 Å². The number of Topliss-reactive ketones (excluding diaryl/α,β-unsaturated/α-hetero) is 1. The predicted octanol–water partition coefficient (Wildman–Crippen LogP) is 1.53. The molecule has 8 nitrogen and oxygen atoms in total. The van der Waals surface area contributed by atoms with Crippen LogP contribution in [0.2, 0.25) is 0 Å². The summed E-state index contributed by atoms with van der Waals surface area (Å²) in [5, 5.41) is 12.4. The molecule has 0 aromatic heterocycles. The number of amides is 2. The van der Waals surface area contributed by atoms with Crippen LogP contribution in [0.3, 0.4) is 0 Å². The van der Waals surface area contributed by atoms with Gasteiger partial charge < -0.3 is 24.8 Å². The number of ether oxygens (including phenoxy) is 2. The molecule has 0 bridgehead atoms. The minimum Gasteiger partial charge on any atom is -0.465 e. The zero-order valence-corrected chi connectivity index (χ0v) is 13.7. The second-order valence-corrected chi connectivity index (χ2v) is 6.83. The maximum atomic E-state index is 11.7. The Kier molecular flexibility index (Phi) is 4.93. The summed E-state index contributed by atoms with van der Waals surface area (Å²) >= 11 is 0. The van der Waals surface area contributed by atoms with E-state index in [9.17, 15) is 19.5 Å². The molecule has 0 radical (unpaired) electrons. The molecule has 1 saturated carbocycles. The lowest BCUT2D eigenvalue weighted by Crippen LogP contribution is -2.69. The van der Waals surface area contributed by atoms with Crippen molar-refractivity contribution in [3.05, 3.63) is 0 Å². The number of cyclic esters (lactones) is 1. The number of hydrogen-bond donors (Lipinski definition) is 2. The predicted molar refractivity (Wildman–Crippen MR) is 82.8 cm³/mol. The summed E-state index contributed by atoms with van der Waals surface area (Å²) < 4.78 is 10.9. The van der Waals surface area contributed by atoms with Gasteiger partial charge in [-0.05, 0) is 25.7 Å². The molecule has 3 aliphatic rings. The molecule has 3 fully saturated rings. The summed E-state index contributed by atoms with van der Waals surface area (Å²) in [5.41, 5.74) is -0.629. The topological polar surface area (TPSA) is 105 Å². The van der Waals surface area contributed by atoms with Crippen LogP contribution in [-0.2, 0) is 14.3 Å². The third-order valence-electron chi connectivity index (χ3n) is 5.39. The molecule has 2 aliphatic heterocycles. The first-order chi connectivity index (χ1) is 11.5. The summed E-state index contributed by atoms with van der Waals surface area (Å²) in [6, 6.07) is -0.436. The van der Waals surface area contributed by atoms with Crippen LogP contribution in [-0.4, -0.2) is 65.4 Å². The Bertz CT molecular complexity index is 511. The molecule has 1 spiro atoms. The Morgan fingerprint density at radius 1 is 1.33 bits per heavy atom. The van der Waals surface area contributed by atoms with Crippen molar-refractivity contribution in [2.24, 2.45) is 0 Å². The van der Waals surface area contributed by atoms with Gasteiger partial charge in [-0.15, -0.1) is 0 Å². The fraction of sp³-hybridized carbons (Fsp3) is 0.812. The second kappa shape index (κ2) is 6.96. The summed E-state index contributed by atoms with van der Waals surface area (Å²) in [5.74, 6) is 0.257. The van der Waals surface area contributed by atoms with Crippen molar-refractivity contribution in [3.63, 3.8) is 0 Å². The average Bonchev–Trinajstić information content (AvgIpc) is 2.55. The monoisotopic (exact) mass is 340 g/mol. The van der Waals surface area contributed by atoms with E-state index >= 15 is 0 Å². The first kappa shape index (κ1) is 17.0. The maximum Gasteiger partial charge on any atom is 0.407 e. The van der Waals surface area contributed by atoms with E-state index in [1.165, 1.54) is 4.90 Å². The van der Waals surface area contributed by atoms with Gasteiger partial charge in [-0.1, -0.05) is 0 Å². The Hall–Kier alpha value is -1.83. The molecule has 2 amide bonds. The largest absolute Gasteiger partial charge is 0.465 e. The number of ketones is 1. The Morgan fingerprint density at radius 2 is 2.08 bits per heavy atom. The Balaban J connectivity index is 1.71. The van der Waals surface area contributed by atoms with E-state index in [-0.39, 0.29) is 25.1 Å². The van der Waals surface area contributed by atoms with Crippen LogP contribution in [0.4, 0.5) is 9.59 Å². The van der Waals surface area contributed by atoms with Crippen LogP contribution in [0.25, 0.3) is 0 Å². The number of carbonyl (C=O) groups is 3. The maximum absolute atomic E-state index is 11.7. The van der Waals surface area contributed by atoms with Gasteiger partial charge in [0, 0.05) is 25.8 Å². The first-order valence-corrected chi connectivity index (χ1v) is 8.58. The number of nitrogens with zero attached hydrogens (tertiary/aromatic N) is 1. The van der Waals surface area contributed by atoms with Gasteiger partial charge in [0.1, 0.15) is 5.78 Å². The SMILES string of the molecule is O=C1CCC(OCC2N(C(=O)O)CCCC23CCOC(=O)N3)CC1. The minimum atomic E-state index is -0.998. The molecule has 2 atom stereocenters. The van der Waals surface area contributed by atoms with Gasteiger partial charge in [-0.2, -0.15) is 0 Å². The molecule has 1 aliphatic carbocycles. The lowest BCUT2D eigenvalue weighted by Gasteiger charge is -2.50. The van der Waals surface area contributed by atoms with Crippen molar-refractivity contribution < 1.29 is 29.0 Å². The van der Waals surface area contributed by atoms with Crippen LogP contribution in [0.5, 0.6) is 0 Å². The highest BCUT2D eigenvalue weighted by Crippen LogP contribution is 2.34. The number of carboxylic acid groups (broad SMARTS) is 1. The summed E-state index contributed by atoms with van der Waals surface area (Å²) in [7, 11) is 0. The molecule has 3 rings (SSSR count). The molecule has 8 heteroatoms. The van der Waals surface area contributed by atoms with Crippen molar-refractivity contribution in [1.82, 2.24) is 10.2 Å². The van der Waals surface area contributed by atoms with Crippen molar-refractivity contribution in [3.8, 4) is 0 Å². The highest BCUT2D eigenvalue weighted by Gasteiger charge is 2.49. The van der Waals surface area contributed by atoms with Crippen LogP contribution in [0.1, 0.15) is 44.9 Å². The third kappa shape index (κ3) is 3.48. The van der Waals surface area contributed by atoms with Crippen LogP contribution in [0, 0.1) is 0 Å². The molecule has 2 heterocycles. The van der Waals surface area contributed by atoms with Crippen LogP contribution in [0.15, 0.2) is 0 Å². The number of rotatable bonds is 3. The van der Waals surface area contributed by atoms with Gasteiger partial charge in [-0.3, -0.25) is 4.79 Å². The van der Waals surface area contributed by atoms with Crippen LogP contribution >= 0.6 is 0 Å². The van der Waals surface area contributed by atoms with E-state index in [2.05, 4.69) is 5.32 Å². The quantitative estimate of drug-likeness (QED) is 0.807. The van der Waals surface area contributed by atoms with E-state index in [1.54, 1.807) is 0 Å². The summed E-state index contributed by atoms with van der Waals surface area (Å²) in [4.78, 5) is 36.1. The third-order valence-corrected chi connectivity index (χ3v) is 5.39. The van der Waals surface area contributed by atoms with Gasteiger partial charge in [0.2, 0.25) is 0 Å². The summed E-state index contributed by atoms with van der Waals surface area (Å²) in [6.45, 7) is 0.949. The molecule has 2 saturated heterocycles. The number of hydrogen-bond acceptors (Lipinski definition) is 5. The lowest BCUT2D eigenvalue weighted by molar-refractivity contribution is -0.124. The highest BCUT2D eigenvalue weighted by molar-refractivity contribution is 5.79. The number of nitrogens with one attached hydrogen (secondary N) is 1.